The number of carboxylic acids is 1. The summed E-state index contributed by atoms with van der Waals surface area (Å²) in [6, 6.07) is 3.35. The number of amides is 3. The van der Waals surface area contributed by atoms with E-state index in [1.54, 1.807) is 24.3 Å². The van der Waals surface area contributed by atoms with E-state index in [1.807, 2.05) is 13.8 Å². The molecule has 4 N–H and O–H groups in total. The minimum Gasteiger partial charge on any atom is -0.491 e. The Balaban J connectivity index is 2.12. The minimum atomic E-state index is -1.22. The number of urea groups is 1. The number of rotatable bonds is 9. The molecule has 3 atom stereocenters. The molecule has 9 heteroatoms. The van der Waals surface area contributed by atoms with Crippen LogP contribution in [0, 0.1) is 5.92 Å². The van der Waals surface area contributed by atoms with E-state index in [1.165, 1.54) is 0 Å². The van der Waals surface area contributed by atoms with Gasteiger partial charge in [-0.05, 0) is 30.0 Å². The Morgan fingerprint density at radius 3 is 2.41 bits per heavy atom. The maximum Gasteiger partial charge on any atom is 0.327 e. The van der Waals surface area contributed by atoms with Crippen LogP contribution in [-0.2, 0) is 9.59 Å². The van der Waals surface area contributed by atoms with Crippen LogP contribution >= 0.6 is 0 Å². The topological polar surface area (TPSA) is 136 Å². The van der Waals surface area contributed by atoms with Crippen molar-refractivity contribution in [3.63, 3.8) is 0 Å². The summed E-state index contributed by atoms with van der Waals surface area (Å²) in [6.45, 7) is 3.13. The summed E-state index contributed by atoms with van der Waals surface area (Å²) in [5, 5.41) is 30.0. The van der Waals surface area contributed by atoms with E-state index in [2.05, 4.69) is 5.32 Å². The fraction of sp³-hybridized carbons (Fsp3) is 0.500. The second-order valence-electron chi connectivity index (χ2n) is 6.79. The number of carboxylic acid groups (broad SMARTS) is 1. The number of aliphatic hydroxyl groups is 2. The molecule has 1 aliphatic rings. The highest BCUT2D eigenvalue weighted by Gasteiger charge is 2.45. The molecule has 0 radical (unpaired) electrons. The van der Waals surface area contributed by atoms with Gasteiger partial charge in [0.2, 0.25) is 0 Å². The molecule has 9 nitrogen and oxygen atoms in total. The summed E-state index contributed by atoms with van der Waals surface area (Å²) in [5.41, 5.74) is 0.486. The molecule has 2 rings (SSSR count). The number of hydrogen-bond acceptors (Lipinski definition) is 6. The molecular formula is C18H24N2O7. The van der Waals surface area contributed by atoms with Crippen molar-refractivity contribution in [2.45, 2.75) is 38.5 Å². The molecule has 1 fully saturated rings. The first-order valence-corrected chi connectivity index (χ1v) is 8.62. The van der Waals surface area contributed by atoms with Gasteiger partial charge in [-0.3, -0.25) is 4.79 Å². The molecule has 0 unspecified atom stereocenters. The highest BCUT2D eigenvalue weighted by Crippen LogP contribution is 2.27. The third-order valence-corrected chi connectivity index (χ3v) is 4.13. The lowest BCUT2D eigenvalue weighted by Crippen LogP contribution is -2.46. The largest absolute Gasteiger partial charge is 0.491 e. The Kier molecular flexibility index (Phi) is 6.75. The number of aliphatic hydroxyl groups excluding tert-OH is 2. The second-order valence-corrected chi connectivity index (χ2v) is 6.79. The highest BCUT2D eigenvalue weighted by molar-refractivity contribution is 6.07. The number of aliphatic carboxylic acids is 1. The van der Waals surface area contributed by atoms with Crippen molar-refractivity contribution >= 4 is 17.9 Å². The number of ether oxygens (including phenoxy) is 1. The van der Waals surface area contributed by atoms with Gasteiger partial charge in [0, 0.05) is 0 Å². The number of carbonyl (C=O) groups excluding carboxylic acids is 2. The molecule has 0 saturated carbocycles. The molecule has 148 valence electrons. The summed E-state index contributed by atoms with van der Waals surface area (Å²) in [5.74, 6) is -1.42. The van der Waals surface area contributed by atoms with E-state index in [0.29, 0.717) is 11.3 Å². The Bertz CT molecular complexity index is 689. The molecule has 0 bridgehead atoms. The normalized spacial score (nSPS) is 19.1. The lowest BCUT2D eigenvalue weighted by atomic mass is 10.0. The number of nitrogens with zero attached hydrogens (tertiary/aromatic N) is 1. The molecule has 0 aliphatic carbocycles. The summed E-state index contributed by atoms with van der Waals surface area (Å²) in [6.07, 6.45) is -0.830. The van der Waals surface area contributed by atoms with Crippen LogP contribution in [0.1, 0.15) is 31.9 Å². The van der Waals surface area contributed by atoms with Gasteiger partial charge in [-0.15, -0.1) is 0 Å². The molecule has 3 amide bonds. The highest BCUT2D eigenvalue weighted by atomic mass is 16.5. The zero-order chi connectivity index (χ0) is 20.1. The molecule has 27 heavy (non-hydrogen) atoms. The van der Waals surface area contributed by atoms with Crippen LogP contribution in [0.5, 0.6) is 5.75 Å². The van der Waals surface area contributed by atoms with Gasteiger partial charge in [-0.25, -0.2) is 14.5 Å². The van der Waals surface area contributed by atoms with Gasteiger partial charge in [0.25, 0.3) is 5.91 Å². The molecule has 1 aromatic rings. The second kappa shape index (κ2) is 8.83. The quantitative estimate of drug-likeness (QED) is 0.458. The average Bonchev–Trinajstić information content (AvgIpc) is 2.92. The number of benzene rings is 1. The standard InChI is InChI=1S/C18H24N2O7/c1-10(2)7-14(17(24)25)20-16(23)15(19-18(20)26)11-3-5-13(6-4-11)27-9-12(22)8-21/h3-6,10,12,14-15,21-22H,7-9H2,1-2H3,(H,19,26)(H,24,25)/t12-,14-,15+/m0/s1. The van der Waals surface area contributed by atoms with Crippen LogP contribution in [0.15, 0.2) is 24.3 Å². The monoisotopic (exact) mass is 380 g/mol. The predicted molar refractivity (Wildman–Crippen MR) is 94.0 cm³/mol. The van der Waals surface area contributed by atoms with Crippen LogP contribution in [0.25, 0.3) is 0 Å². The number of hydrogen-bond donors (Lipinski definition) is 4. The van der Waals surface area contributed by atoms with Gasteiger partial charge >= 0.3 is 12.0 Å². The van der Waals surface area contributed by atoms with Crippen LogP contribution in [-0.4, -0.2) is 63.5 Å². The van der Waals surface area contributed by atoms with Crippen molar-refractivity contribution in [1.82, 2.24) is 10.2 Å². The van der Waals surface area contributed by atoms with E-state index in [9.17, 15) is 24.6 Å². The van der Waals surface area contributed by atoms with Crippen LogP contribution in [0.4, 0.5) is 4.79 Å². The Morgan fingerprint density at radius 2 is 1.89 bits per heavy atom. The fourth-order valence-corrected chi connectivity index (χ4v) is 2.78. The van der Waals surface area contributed by atoms with Gasteiger partial charge in [0.15, 0.2) is 0 Å². The van der Waals surface area contributed by atoms with Crippen molar-refractivity contribution in [3.05, 3.63) is 29.8 Å². The van der Waals surface area contributed by atoms with Crippen LogP contribution in [0.3, 0.4) is 0 Å². The van der Waals surface area contributed by atoms with Crippen molar-refractivity contribution in [3.8, 4) is 5.75 Å². The average molecular weight is 380 g/mol. The number of imide groups is 1. The molecule has 0 aromatic heterocycles. The zero-order valence-corrected chi connectivity index (χ0v) is 15.2. The molecule has 1 heterocycles. The van der Waals surface area contributed by atoms with Gasteiger partial charge < -0.3 is 25.4 Å². The van der Waals surface area contributed by atoms with E-state index in [4.69, 9.17) is 9.84 Å². The summed E-state index contributed by atoms with van der Waals surface area (Å²) >= 11 is 0. The smallest absolute Gasteiger partial charge is 0.327 e. The number of nitrogens with one attached hydrogen (secondary N) is 1. The van der Waals surface area contributed by atoms with Gasteiger partial charge in [-0.1, -0.05) is 26.0 Å². The van der Waals surface area contributed by atoms with Gasteiger partial charge in [0.05, 0.1) is 6.61 Å². The molecule has 1 aromatic carbocycles. The number of carbonyl (C=O) groups is 3. The minimum absolute atomic E-state index is 0.00328. The first kappa shape index (κ1) is 20.7. The Morgan fingerprint density at radius 1 is 1.26 bits per heavy atom. The Labute approximate surface area is 156 Å². The van der Waals surface area contributed by atoms with E-state index in [-0.39, 0.29) is 18.9 Å². The maximum absolute atomic E-state index is 12.7. The summed E-state index contributed by atoms with van der Waals surface area (Å²) in [7, 11) is 0. The first-order valence-electron chi connectivity index (χ1n) is 8.62. The zero-order valence-electron chi connectivity index (χ0n) is 15.2. The first-order chi connectivity index (χ1) is 12.7. The van der Waals surface area contributed by atoms with E-state index >= 15 is 0 Å². The lowest BCUT2D eigenvalue weighted by Gasteiger charge is -2.23. The molecule has 1 saturated heterocycles. The van der Waals surface area contributed by atoms with Gasteiger partial charge in [-0.2, -0.15) is 0 Å². The van der Waals surface area contributed by atoms with Crippen LogP contribution < -0.4 is 10.1 Å². The van der Waals surface area contributed by atoms with Crippen molar-refractivity contribution in [2.75, 3.05) is 13.2 Å². The molecule has 1 aliphatic heterocycles. The van der Waals surface area contributed by atoms with Crippen LogP contribution in [0.2, 0.25) is 0 Å². The molecular weight excluding hydrogens is 356 g/mol. The van der Waals surface area contributed by atoms with E-state index < -0.39 is 42.7 Å². The SMILES string of the molecule is CC(C)C[C@@H](C(=O)O)N1C(=O)N[C@H](c2ccc(OC[C@@H](O)CO)cc2)C1=O. The lowest BCUT2D eigenvalue weighted by molar-refractivity contribution is -0.147. The maximum atomic E-state index is 12.7. The van der Waals surface area contributed by atoms with Crippen molar-refractivity contribution in [1.29, 1.82) is 0 Å². The summed E-state index contributed by atoms with van der Waals surface area (Å²) < 4.78 is 5.29. The Hall–Kier alpha value is -2.65. The third kappa shape index (κ3) is 4.95. The molecule has 0 spiro atoms. The predicted octanol–water partition coefficient (Wildman–Crippen LogP) is 0.511. The van der Waals surface area contributed by atoms with Crippen molar-refractivity contribution in [2.24, 2.45) is 5.92 Å². The van der Waals surface area contributed by atoms with E-state index in [0.717, 1.165) is 4.90 Å². The third-order valence-electron chi connectivity index (χ3n) is 4.13. The fourth-order valence-electron chi connectivity index (χ4n) is 2.78. The van der Waals surface area contributed by atoms with Crippen molar-refractivity contribution < 1.29 is 34.4 Å². The summed E-state index contributed by atoms with van der Waals surface area (Å²) in [4.78, 5) is 37.2. The van der Waals surface area contributed by atoms with Gasteiger partial charge in [0.1, 0.15) is 30.5 Å².